The molecule has 1 aromatic carbocycles. The summed E-state index contributed by atoms with van der Waals surface area (Å²) in [5.41, 5.74) is 1.14. The molecule has 20 heavy (non-hydrogen) atoms. The largest absolute Gasteiger partial charge is 0.308 e. The first kappa shape index (κ1) is 12.7. The van der Waals surface area contributed by atoms with Crippen LogP contribution < -0.4 is 5.32 Å². The predicted molar refractivity (Wildman–Crippen MR) is 84.1 cm³/mol. The van der Waals surface area contributed by atoms with Crippen LogP contribution in [0, 0.1) is 0 Å². The van der Waals surface area contributed by atoms with Gasteiger partial charge in [0.15, 0.2) is 0 Å². The summed E-state index contributed by atoms with van der Waals surface area (Å²) < 4.78 is 1.30. The van der Waals surface area contributed by atoms with Crippen LogP contribution in [0.4, 0.5) is 0 Å². The summed E-state index contributed by atoms with van der Waals surface area (Å²) in [6.07, 6.45) is 5.42. The number of para-hydroxylation sites is 1. The molecule has 2 aromatic rings. The van der Waals surface area contributed by atoms with E-state index in [-0.39, 0.29) is 0 Å². The third-order valence-electron chi connectivity index (χ3n) is 4.70. The first-order valence-electron chi connectivity index (χ1n) is 7.70. The van der Waals surface area contributed by atoms with E-state index in [1.54, 1.807) is 0 Å². The van der Waals surface area contributed by atoms with Crippen molar-refractivity contribution in [2.75, 3.05) is 13.1 Å². The minimum atomic E-state index is 0.682. The number of nitrogens with one attached hydrogen (secondary N) is 1. The molecule has 2 atom stereocenters. The number of rotatable bonds is 3. The van der Waals surface area contributed by atoms with E-state index < -0.39 is 0 Å². The van der Waals surface area contributed by atoms with Gasteiger partial charge in [-0.1, -0.05) is 12.1 Å². The molecular weight excluding hydrogens is 266 g/mol. The van der Waals surface area contributed by atoms with Crippen molar-refractivity contribution < 1.29 is 0 Å². The molecule has 1 aromatic heterocycles. The highest BCUT2D eigenvalue weighted by Gasteiger charge is 2.31. The maximum absolute atomic E-state index is 4.71. The van der Waals surface area contributed by atoms with Gasteiger partial charge in [0.2, 0.25) is 0 Å². The van der Waals surface area contributed by atoms with Crippen molar-refractivity contribution in [3.8, 4) is 0 Å². The summed E-state index contributed by atoms with van der Waals surface area (Å²) in [5.74, 6) is 0. The molecule has 2 saturated heterocycles. The highest BCUT2D eigenvalue weighted by molar-refractivity contribution is 7.18. The zero-order valence-electron chi connectivity index (χ0n) is 11.7. The fourth-order valence-electron chi connectivity index (χ4n) is 3.64. The van der Waals surface area contributed by atoms with E-state index in [1.165, 1.54) is 48.5 Å². The van der Waals surface area contributed by atoms with Crippen molar-refractivity contribution in [3.63, 3.8) is 0 Å². The second kappa shape index (κ2) is 5.43. The van der Waals surface area contributed by atoms with E-state index in [0.717, 1.165) is 18.1 Å². The third-order valence-corrected chi connectivity index (χ3v) is 5.74. The standard InChI is InChI=1S/C16H21N3S/c1-2-6-15-14(5-1)18-16(20-15)11-17-12-7-9-19-8-3-4-13(19)10-12/h1-2,5-6,12-13,17H,3-4,7-11H2. The molecule has 0 aliphatic carbocycles. The number of hydrogen-bond acceptors (Lipinski definition) is 4. The number of nitrogens with zero attached hydrogens (tertiary/aromatic N) is 2. The van der Waals surface area contributed by atoms with Gasteiger partial charge in [-0.25, -0.2) is 4.98 Å². The minimum Gasteiger partial charge on any atom is -0.308 e. The van der Waals surface area contributed by atoms with Crippen LogP contribution in [0.1, 0.15) is 30.7 Å². The molecule has 4 heteroatoms. The van der Waals surface area contributed by atoms with Gasteiger partial charge in [-0.3, -0.25) is 0 Å². The molecular formula is C16H21N3S. The molecule has 0 amide bonds. The van der Waals surface area contributed by atoms with Gasteiger partial charge in [-0.15, -0.1) is 11.3 Å². The van der Waals surface area contributed by atoms with Gasteiger partial charge in [-0.2, -0.15) is 0 Å². The summed E-state index contributed by atoms with van der Waals surface area (Å²) in [6.45, 7) is 3.54. The van der Waals surface area contributed by atoms with Crippen molar-refractivity contribution in [1.29, 1.82) is 0 Å². The molecule has 4 rings (SSSR count). The molecule has 3 heterocycles. The molecule has 2 fully saturated rings. The minimum absolute atomic E-state index is 0.682. The third kappa shape index (κ3) is 2.48. The molecule has 1 N–H and O–H groups in total. The number of hydrogen-bond donors (Lipinski definition) is 1. The lowest BCUT2D eigenvalue weighted by atomic mass is 9.98. The van der Waals surface area contributed by atoms with Gasteiger partial charge < -0.3 is 10.2 Å². The maximum Gasteiger partial charge on any atom is 0.108 e. The molecule has 2 unspecified atom stereocenters. The van der Waals surface area contributed by atoms with Crippen LogP contribution in [-0.2, 0) is 6.54 Å². The van der Waals surface area contributed by atoms with Crippen molar-refractivity contribution >= 4 is 21.6 Å². The molecule has 2 aliphatic heterocycles. The Morgan fingerprint density at radius 3 is 3.15 bits per heavy atom. The molecule has 3 nitrogen and oxygen atoms in total. The number of piperidine rings is 1. The SMILES string of the molecule is c1ccc2sc(CNC3CCN4CCCC4C3)nc2c1. The average Bonchev–Trinajstić information content (AvgIpc) is 3.10. The zero-order valence-corrected chi connectivity index (χ0v) is 12.5. The highest BCUT2D eigenvalue weighted by atomic mass is 32.1. The predicted octanol–water partition coefficient (Wildman–Crippen LogP) is 3.01. The number of thiazole rings is 1. The first-order chi connectivity index (χ1) is 9.88. The van der Waals surface area contributed by atoms with E-state index in [4.69, 9.17) is 4.98 Å². The fraction of sp³-hybridized carbons (Fsp3) is 0.562. The Morgan fingerprint density at radius 2 is 2.20 bits per heavy atom. The highest BCUT2D eigenvalue weighted by Crippen LogP contribution is 2.27. The van der Waals surface area contributed by atoms with Gasteiger partial charge in [-0.05, 0) is 50.9 Å². The summed E-state index contributed by atoms with van der Waals surface area (Å²) in [5, 5.41) is 4.95. The van der Waals surface area contributed by atoms with Crippen LogP contribution >= 0.6 is 11.3 Å². The lowest BCUT2D eigenvalue weighted by Gasteiger charge is -2.35. The number of fused-ring (bicyclic) bond motifs is 2. The Kier molecular flexibility index (Phi) is 3.46. The second-order valence-corrected chi connectivity index (χ2v) is 7.12. The smallest absolute Gasteiger partial charge is 0.108 e. The Hall–Kier alpha value is -0.970. The zero-order chi connectivity index (χ0) is 13.4. The van der Waals surface area contributed by atoms with Crippen LogP contribution in [0.25, 0.3) is 10.2 Å². The van der Waals surface area contributed by atoms with Crippen LogP contribution in [0.15, 0.2) is 24.3 Å². The summed E-state index contributed by atoms with van der Waals surface area (Å²) in [6, 6.07) is 9.95. The Morgan fingerprint density at radius 1 is 1.25 bits per heavy atom. The molecule has 0 bridgehead atoms. The summed E-state index contributed by atoms with van der Waals surface area (Å²) >= 11 is 1.82. The Balaban J connectivity index is 1.38. The first-order valence-corrected chi connectivity index (χ1v) is 8.52. The summed E-state index contributed by atoms with van der Waals surface area (Å²) in [4.78, 5) is 7.39. The second-order valence-electron chi connectivity index (χ2n) is 6.01. The van der Waals surface area contributed by atoms with Crippen molar-refractivity contribution in [2.24, 2.45) is 0 Å². The van der Waals surface area contributed by atoms with Gasteiger partial charge in [0, 0.05) is 18.6 Å². The molecule has 2 aliphatic rings. The van der Waals surface area contributed by atoms with E-state index in [1.807, 2.05) is 11.3 Å². The van der Waals surface area contributed by atoms with Crippen molar-refractivity contribution in [2.45, 2.75) is 44.3 Å². The molecule has 106 valence electrons. The normalized spacial score (nSPS) is 27.0. The van der Waals surface area contributed by atoms with Crippen LogP contribution in [0.2, 0.25) is 0 Å². The lowest BCUT2D eigenvalue weighted by molar-refractivity contribution is 0.166. The van der Waals surface area contributed by atoms with E-state index in [9.17, 15) is 0 Å². The fourth-order valence-corrected chi connectivity index (χ4v) is 4.56. The number of benzene rings is 1. The topological polar surface area (TPSA) is 28.2 Å². The van der Waals surface area contributed by atoms with E-state index in [2.05, 4.69) is 34.5 Å². The Bertz CT molecular complexity index is 561. The monoisotopic (exact) mass is 287 g/mol. The van der Waals surface area contributed by atoms with Crippen molar-refractivity contribution in [3.05, 3.63) is 29.3 Å². The van der Waals surface area contributed by atoms with Crippen LogP contribution in [-0.4, -0.2) is 35.1 Å². The molecule has 0 radical (unpaired) electrons. The molecule has 0 saturated carbocycles. The van der Waals surface area contributed by atoms with E-state index >= 15 is 0 Å². The van der Waals surface area contributed by atoms with Crippen molar-refractivity contribution in [1.82, 2.24) is 15.2 Å². The van der Waals surface area contributed by atoms with Gasteiger partial charge in [0.1, 0.15) is 5.01 Å². The number of aromatic nitrogens is 1. The molecule has 0 spiro atoms. The lowest BCUT2D eigenvalue weighted by Crippen LogP contribution is -2.45. The maximum atomic E-state index is 4.71. The van der Waals surface area contributed by atoms with Gasteiger partial charge >= 0.3 is 0 Å². The average molecular weight is 287 g/mol. The van der Waals surface area contributed by atoms with Gasteiger partial charge in [0.05, 0.1) is 10.2 Å². The van der Waals surface area contributed by atoms with Crippen LogP contribution in [0.5, 0.6) is 0 Å². The van der Waals surface area contributed by atoms with Crippen LogP contribution in [0.3, 0.4) is 0 Å². The quantitative estimate of drug-likeness (QED) is 0.940. The van der Waals surface area contributed by atoms with Gasteiger partial charge in [0.25, 0.3) is 0 Å². The summed E-state index contributed by atoms with van der Waals surface area (Å²) in [7, 11) is 0. The Labute approximate surface area is 124 Å². The van der Waals surface area contributed by atoms with E-state index in [0.29, 0.717) is 6.04 Å².